The Morgan fingerprint density at radius 1 is 1.22 bits per heavy atom. The van der Waals surface area contributed by atoms with Crippen molar-refractivity contribution in [2.24, 2.45) is 5.10 Å². The number of carbonyl (C=O) groups excluding carboxylic acids is 1. The number of carboxylic acid groups (broad SMARTS) is 1. The zero-order valence-electron chi connectivity index (χ0n) is 27.1. The van der Waals surface area contributed by atoms with Crippen LogP contribution in [0.2, 0.25) is 0 Å². The second kappa shape index (κ2) is 17.3. The van der Waals surface area contributed by atoms with Crippen LogP contribution in [0.15, 0.2) is 76.3 Å². The summed E-state index contributed by atoms with van der Waals surface area (Å²) in [6.45, 7) is 14.3. The van der Waals surface area contributed by atoms with Crippen LogP contribution < -0.4 is 4.90 Å². The maximum absolute atomic E-state index is 13.5. The van der Waals surface area contributed by atoms with Crippen molar-refractivity contribution in [3.05, 3.63) is 76.8 Å². The Balaban J connectivity index is 1.67. The molecule has 1 aliphatic heterocycles. The van der Waals surface area contributed by atoms with Crippen LogP contribution in [0.25, 0.3) is 0 Å². The Labute approximate surface area is 272 Å². The van der Waals surface area contributed by atoms with Crippen molar-refractivity contribution >= 4 is 35.6 Å². The van der Waals surface area contributed by atoms with E-state index in [2.05, 4.69) is 31.5 Å². The van der Waals surface area contributed by atoms with Gasteiger partial charge in [-0.15, -0.1) is 0 Å². The first kappa shape index (κ1) is 36.0. The Morgan fingerprint density at radius 3 is 2.49 bits per heavy atom. The van der Waals surface area contributed by atoms with Crippen molar-refractivity contribution in [3.63, 3.8) is 0 Å². The molecule has 1 amide bonds. The minimum atomic E-state index is -1.01. The lowest BCUT2D eigenvalue weighted by molar-refractivity contribution is -0.00296. The third-order valence-electron chi connectivity index (χ3n) is 8.31. The number of anilines is 1. The lowest BCUT2D eigenvalue weighted by Gasteiger charge is -2.40. The molecule has 1 aliphatic carbocycles. The number of hydrogen-bond acceptors (Lipinski definition) is 6. The standard InChI is InChI=1S/C35H48ClFN4O4/c1-6-19-39(20-17-35(5)18-21-40(34(44)45-35)30-15-13-29(14-16-30)33(42)43)24-26(3)25-41(31-11-9-8-10-12-31)38-23-28(7-2)22-32(36)27(4)37/h7,13-16,22-23,25,31H,2,6,8-12,17-21,24H2,1,3-5H3,(H,42,43)/b26-25+,28-22+,32-27-,38-23+. The molecule has 246 valence electrons. The van der Waals surface area contributed by atoms with E-state index in [0.29, 0.717) is 30.6 Å². The number of hydrogen-bond donors (Lipinski definition) is 1. The van der Waals surface area contributed by atoms with Crippen LogP contribution in [-0.4, -0.2) is 71.1 Å². The van der Waals surface area contributed by atoms with Gasteiger partial charge < -0.3 is 9.84 Å². The largest absolute Gasteiger partial charge is 0.478 e. The molecule has 45 heavy (non-hydrogen) atoms. The fourth-order valence-corrected chi connectivity index (χ4v) is 5.78. The molecule has 10 heteroatoms. The van der Waals surface area contributed by atoms with Crippen LogP contribution in [0.5, 0.6) is 0 Å². The Kier molecular flexibility index (Phi) is 13.9. The first-order valence-corrected chi connectivity index (χ1v) is 16.2. The maximum atomic E-state index is 13.5. The number of rotatable bonds is 15. The second-order valence-corrected chi connectivity index (χ2v) is 12.6. The molecule has 1 heterocycles. The molecule has 1 saturated heterocycles. The molecule has 2 fully saturated rings. The first-order valence-electron chi connectivity index (χ1n) is 15.9. The third kappa shape index (κ3) is 11.2. The molecule has 0 aromatic heterocycles. The zero-order chi connectivity index (χ0) is 33.0. The van der Waals surface area contributed by atoms with E-state index in [4.69, 9.17) is 26.5 Å². The van der Waals surface area contributed by atoms with Gasteiger partial charge in [-0.3, -0.25) is 14.8 Å². The number of carbonyl (C=O) groups is 2. The van der Waals surface area contributed by atoms with Gasteiger partial charge in [0.1, 0.15) is 11.4 Å². The van der Waals surface area contributed by atoms with Crippen LogP contribution in [-0.2, 0) is 4.74 Å². The summed E-state index contributed by atoms with van der Waals surface area (Å²) in [4.78, 5) is 28.1. The molecule has 3 rings (SSSR count). The normalized spacial score (nSPS) is 20.8. The smallest absolute Gasteiger partial charge is 0.414 e. The van der Waals surface area contributed by atoms with Gasteiger partial charge >= 0.3 is 12.1 Å². The van der Waals surface area contributed by atoms with Gasteiger partial charge in [-0.05, 0) is 94.5 Å². The van der Waals surface area contributed by atoms with Gasteiger partial charge in [-0.2, -0.15) is 5.10 Å². The van der Waals surface area contributed by atoms with Crippen LogP contribution >= 0.6 is 11.6 Å². The first-order chi connectivity index (χ1) is 21.4. The summed E-state index contributed by atoms with van der Waals surface area (Å²) < 4.78 is 19.5. The summed E-state index contributed by atoms with van der Waals surface area (Å²) in [5.74, 6) is -1.46. The number of cyclic esters (lactones) is 1. The van der Waals surface area contributed by atoms with Gasteiger partial charge in [0.15, 0.2) is 0 Å². The van der Waals surface area contributed by atoms with Crippen molar-refractivity contribution in [1.29, 1.82) is 0 Å². The number of aromatic carboxylic acids is 1. The average Bonchev–Trinajstić information content (AvgIpc) is 3.01. The summed E-state index contributed by atoms with van der Waals surface area (Å²) in [5.41, 5.74) is 1.99. The van der Waals surface area contributed by atoms with E-state index in [-0.39, 0.29) is 16.6 Å². The SMILES string of the molecule is C=CC(/C=N/N(/C=C(\C)CN(CCC)CCC1(C)CCN(c2ccc(C(=O)O)cc2)C(=O)O1)C1CCCCC1)=C\C(Cl)=C(/C)F. The Bertz CT molecular complexity index is 1300. The van der Waals surface area contributed by atoms with E-state index in [1.165, 1.54) is 31.6 Å². The van der Waals surface area contributed by atoms with Gasteiger partial charge in [0, 0.05) is 37.9 Å². The van der Waals surface area contributed by atoms with E-state index < -0.39 is 23.5 Å². The molecule has 1 aromatic rings. The van der Waals surface area contributed by atoms with Gasteiger partial charge in [0.2, 0.25) is 0 Å². The molecule has 1 saturated carbocycles. The fraction of sp³-hybridized carbons (Fsp3) is 0.514. The molecule has 1 N–H and O–H groups in total. The highest BCUT2D eigenvalue weighted by Gasteiger charge is 2.37. The molecular weight excluding hydrogens is 595 g/mol. The quantitative estimate of drug-likeness (QED) is 0.117. The number of amides is 1. The highest BCUT2D eigenvalue weighted by atomic mass is 35.5. The van der Waals surface area contributed by atoms with Gasteiger partial charge in [0.05, 0.1) is 22.9 Å². The van der Waals surface area contributed by atoms with Gasteiger partial charge in [-0.25, -0.2) is 14.0 Å². The summed E-state index contributed by atoms with van der Waals surface area (Å²) in [5, 5.41) is 16.0. The fourth-order valence-electron chi connectivity index (χ4n) is 5.66. The predicted octanol–water partition coefficient (Wildman–Crippen LogP) is 8.67. The molecular formula is C35H48ClFN4O4. The van der Waals surface area contributed by atoms with E-state index in [0.717, 1.165) is 57.3 Å². The summed E-state index contributed by atoms with van der Waals surface area (Å²) in [6.07, 6.45) is 14.5. The number of nitrogens with zero attached hydrogens (tertiary/aromatic N) is 4. The van der Waals surface area contributed by atoms with E-state index in [1.807, 2.05) is 11.9 Å². The lowest BCUT2D eigenvalue weighted by atomic mass is 9.95. The lowest BCUT2D eigenvalue weighted by Crippen LogP contribution is -2.49. The Morgan fingerprint density at radius 2 is 1.91 bits per heavy atom. The van der Waals surface area contributed by atoms with E-state index >= 15 is 0 Å². The van der Waals surface area contributed by atoms with Crippen molar-refractivity contribution in [3.8, 4) is 0 Å². The summed E-state index contributed by atoms with van der Waals surface area (Å²) in [6, 6.07) is 6.55. The van der Waals surface area contributed by atoms with Crippen LogP contribution in [0.3, 0.4) is 0 Å². The molecule has 2 aliphatic rings. The molecule has 8 nitrogen and oxygen atoms in total. The number of carboxylic acids is 1. The highest BCUT2D eigenvalue weighted by Crippen LogP contribution is 2.30. The second-order valence-electron chi connectivity index (χ2n) is 12.2. The minimum Gasteiger partial charge on any atom is -0.478 e. The third-order valence-corrected chi connectivity index (χ3v) is 8.68. The van der Waals surface area contributed by atoms with Gasteiger partial charge in [0.25, 0.3) is 0 Å². The van der Waals surface area contributed by atoms with Crippen LogP contribution in [0.4, 0.5) is 14.9 Å². The van der Waals surface area contributed by atoms with Crippen molar-refractivity contribution in [2.75, 3.05) is 31.1 Å². The number of halogens is 2. The summed E-state index contributed by atoms with van der Waals surface area (Å²) >= 11 is 6.02. The maximum Gasteiger partial charge on any atom is 0.414 e. The monoisotopic (exact) mass is 642 g/mol. The molecule has 0 spiro atoms. The van der Waals surface area contributed by atoms with Crippen molar-refractivity contribution < 1.29 is 23.8 Å². The van der Waals surface area contributed by atoms with Crippen LogP contribution in [0.1, 0.15) is 89.4 Å². The predicted molar refractivity (Wildman–Crippen MR) is 181 cm³/mol. The molecule has 1 aromatic carbocycles. The number of allylic oxidation sites excluding steroid dienone is 5. The van der Waals surface area contributed by atoms with Gasteiger partial charge in [-0.1, -0.05) is 50.4 Å². The van der Waals surface area contributed by atoms with E-state index in [1.54, 1.807) is 29.3 Å². The highest BCUT2D eigenvalue weighted by molar-refractivity contribution is 6.31. The van der Waals surface area contributed by atoms with Crippen molar-refractivity contribution in [2.45, 2.75) is 90.7 Å². The van der Waals surface area contributed by atoms with Crippen LogP contribution in [0, 0.1) is 0 Å². The average molecular weight is 643 g/mol. The zero-order valence-corrected chi connectivity index (χ0v) is 27.9. The molecule has 1 atom stereocenters. The number of hydrazone groups is 1. The molecule has 0 bridgehead atoms. The topological polar surface area (TPSA) is 85.7 Å². The number of ether oxygens (including phenoxy) is 1. The Hall–Kier alpha value is -3.43. The van der Waals surface area contributed by atoms with E-state index in [9.17, 15) is 14.0 Å². The minimum absolute atomic E-state index is 0.0296. The summed E-state index contributed by atoms with van der Waals surface area (Å²) in [7, 11) is 0. The van der Waals surface area contributed by atoms with Crippen molar-refractivity contribution in [1.82, 2.24) is 9.91 Å². The molecule has 1 unspecified atom stereocenters. The number of benzene rings is 1. The molecule has 0 radical (unpaired) electrons.